The van der Waals surface area contributed by atoms with E-state index in [1.54, 1.807) is 63.2 Å². The number of carbonyl (C=O) groups excluding carboxylic acids is 1. The number of nitrogens with zero attached hydrogens (tertiary/aromatic N) is 2. The molecule has 4 rings (SSSR count). The van der Waals surface area contributed by atoms with Crippen molar-refractivity contribution in [3.05, 3.63) is 88.5 Å². The van der Waals surface area contributed by atoms with E-state index in [9.17, 15) is 9.59 Å². The molecular weight excluding hydrogens is 547 g/mol. The Kier molecular flexibility index (Phi) is 8.32. The van der Waals surface area contributed by atoms with E-state index in [1.165, 1.54) is 23.0 Å². The summed E-state index contributed by atoms with van der Waals surface area (Å²) in [5, 5.41) is 0.692. The van der Waals surface area contributed by atoms with Gasteiger partial charge in [0.2, 0.25) is 0 Å². The van der Waals surface area contributed by atoms with Gasteiger partial charge in [0.15, 0.2) is 16.3 Å². The molecule has 0 bridgehead atoms. The number of terminal acetylenes is 1. The maximum atomic E-state index is 13.8. The molecule has 0 amide bonds. The Hall–Kier alpha value is -3.51. The Morgan fingerprint density at radius 1 is 1.26 bits per heavy atom. The maximum Gasteiger partial charge on any atom is 0.338 e. The number of carbonyl (C=O) groups is 1. The molecule has 38 heavy (non-hydrogen) atoms. The average Bonchev–Trinajstić information content (AvgIpc) is 3.16. The van der Waals surface area contributed by atoms with E-state index in [2.05, 4.69) is 10.9 Å². The van der Waals surface area contributed by atoms with Gasteiger partial charge < -0.3 is 14.2 Å². The van der Waals surface area contributed by atoms with Crippen LogP contribution in [-0.2, 0) is 9.53 Å². The highest BCUT2D eigenvalue weighted by atomic mass is 35.5. The van der Waals surface area contributed by atoms with Gasteiger partial charge in [0, 0.05) is 5.02 Å². The van der Waals surface area contributed by atoms with Crippen LogP contribution in [0.3, 0.4) is 0 Å². The summed E-state index contributed by atoms with van der Waals surface area (Å²) >= 11 is 14.2. The zero-order valence-corrected chi connectivity index (χ0v) is 23.4. The van der Waals surface area contributed by atoms with E-state index in [-0.39, 0.29) is 28.9 Å². The number of allylic oxidation sites excluding steroid dienone is 1. The van der Waals surface area contributed by atoms with E-state index >= 15 is 0 Å². The van der Waals surface area contributed by atoms with Crippen molar-refractivity contribution in [2.75, 3.05) is 13.7 Å². The second-order valence-electron chi connectivity index (χ2n) is 8.58. The van der Waals surface area contributed by atoms with E-state index in [4.69, 9.17) is 43.8 Å². The number of hydrogen-bond acceptors (Lipinski definition) is 7. The molecule has 0 fully saturated rings. The first-order valence-electron chi connectivity index (χ1n) is 11.6. The number of halogens is 2. The summed E-state index contributed by atoms with van der Waals surface area (Å²) in [6, 6.07) is 9.61. The topological polar surface area (TPSA) is 79.1 Å². The summed E-state index contributed by atoms with van der Waals surface area (Å²) < 4.78 is 18.3. The standard InChI is InChI=1S/C28H24Cl2N2O5S/c1-6-11-36-25-20(30)12-17(13-21(25)35-5)14-22-26(33)32-24(18-9-7-8-10-19(18)29)23(27(34)37-15(2)3)16(4)31-28(32)38-22/h1,7-10,12-15,24H,11H2,2-5H3. The highest BCUT2D eigenvalue weighted by Gasteiger charge is 2.34. The molecule has 0 saturated heterocycles. The molecule has 0 spiro atoms. The molecule has 1 unspecified atom stereocenters. The van der Waals surface area contributed by atoms with Crippen molar-refractivity contribution >= 4 is 46.6 Å². The van der Waals surface area contributed by atoms with Crippen LogP contribution in [0.5, 0.6) is 11.5 Å². The summed E-state index contributed by atoms with van der Waals surface area (Å²) in [7, 11) is 1.48. The number of fused-ring (bicyclic) bond motifs is 1. The first-order chi connectivity index (χ1) is 18.2. The quantitative estimate of drug-likeness (QED) is 0.308. The van der Waals surface area contributed by atoms with Crippen molar-refractivity contribution in [2.45, 2.75) is 32.9 Å². The van der Waals surface area contributed by atoms with Crippen LogP contribution in [0, 0.1) is 12.3 Å². The molecular formula is C28H24Cl2N2O5S. The van der Waals surface area contributed by atoms with Crippen molar-refractivity contribution in [3.63, 3.8) is 0 Å². The molecule has 1 aromatic heterocycles. The monoisotopic (exact) mass is 570 g/mol. The third kappa shape index (κ3) is 5.37. The predicted molar refractivity (Wildman–Crippen MR) is 149 cm³/mol. The van der Waals surface area contributed by atoms with Crippen molar-refractivity contribution in [2.24, 2.45) is 4.99 Å². The zero-order chi connectivity index (χ0) is 27.6. The van der Waals surface area contributed by atoms with Gasteiger partial charge in [0.1, 0.15) is 12.6 Å². The van der Waals surface area contributed by atoms with Crippen LogP contribution in [0.15, 0.2) is 57.5 Å². The van der Waals surface area contributed by atoms with Gasteiger partial charge in [0.25, 0.3) is 5.56 Å². The number of benzene rings is 2. The van der Waals surface area contributed by atoms with Gasteiger partial charge in [0.05, 0.1) is 34.0 Å². The molecule has 2 aromatic carbocycles. The first-order valence-corrected chi connectivity index (χ1v) is 13.1. The van der Waals surface area contributed by atoms with Crippen LogP contribution in [0.4, 0.5) is 0 Å². The molecule has 3 aromatic rings. The lowest BCUT2D eigenvalue weighted by molar-refractivity contribution is -0.143. The first kappa shape index (κ1) is 27.5. The smallest absolute Gasteiger partial charge is 0.338 e. The van der Waals surface area contributed by atoms with Crippen LogP contribution < -0.4 is 24.4 Å². The molecule has 0 aliphatic carbocycles. The summed E-state index contributed by atoms with van der Waals surface area (Å²) in [6.07, 6.45) is 6.61. The Labute approximate surface area is 233 Å². The Morgan fingerprint density at radius 2 is 2.00 bits per heavy atom. The van der Waals surface area contributed by atoms with Crippen LogP contribution in [0.1, 0.15) is 37.9 Å². The summed E-state index contributed by atoms with van der Waals surface area (Å²) in [5.74, 6) is 2.52. The third-order valence-corrected chi connectivity index (χ3v) is 7.24. The van der Waals surface area contributed by atoms with Gasteiger partial charge in [-0.1, -0.05) is 58.7 Å². The molecule has 1 aliphatic rings. The molecule has 7 nitrogen and oxygen atoms in total. The highest BCUT2D eigenvalue weighted by Crippen LogP contribution is 2.37. The lowest BCUT2D eigenvalue weighted by Crippen LogP contribution is -2.40. The molecule has 2 heterocycles. The number of thiazole rings is 1. The number of hydrogen-bond donors (Lipinski definition) is 0. The fourth-order valence-electron chi connectivity index (χ4n) is 4.08. The second kappa shape index (κ2) is 11.5. The third-order valence-electron chi connectivity index (χ3n) is 5.63. The van der Waals surface area contributed by atoms with E-state index in [0.717, 1.165) is 0 Å². The Bertz CT molecular complexity index is 1660. The SMILES string of the molecule is C#CCOc1c(Cl)cc(C=c2sc3n(c2=O)C(c2ccccc2Cl)C(C(=O)OC(C)C)=C(C)N=3)cc1OC. The molecule has 0 saturated carbocycles. The van der Waals surface area contributed by atoms with Gasteiger partial charge in [-0.25, -0.2) is 9.79 Å². The number of aromatic nitrogens is 1. The fourth-order valence-corrected chi connectivity index (χ4v) is 5.64. The lowest BCUT2D eigenvalue weighted by Gasteiger charge is -2.26. The molecule has 1 aliphatic heterocycles. The van der Waals surface area contributed by atoms with Crippen molar-refractivity contribution in [1.29, 1.82) is 0 Å². The van der Waals surface area contributed by atoms with Gasteiger partial charge in [-0.2, -0.15) is 0 Å². The number of methoxy groups -OCH3 is 1. The van der Waals surface area contributed by atoms with Crippen LogP contribution in [0.25, 0.3) is 6.08 Å². The summed E-state index contributed by atoms with van der Waals surface area (Å²) in [6.45, 7) is 5.26. The molecule has 0 radical (unpaired) electrons. The highest BCUT2D eigenvalue weighted by molar-refractivity contribution is 7.07. The van der Waals surface area contributed by atoms with Gasteiger partial charge in [-0.3, -0.25) is 9.36 Å². The summed E-state index contributed by atoms with van der Waals surface area (Å²) in [4.78, 5) is 32.0. The predicted octanol–water partition coefficient (Wildman–Crippen LogP) is 4.51. The summed E-state index contributed by atoms with van der Waals surface area (Å²) in [5.41, 5.74) is 1.56. The Balaban J connectivity index is 1.92. The number of esters is 1. The van der Waals surface area contributed by atoms with E-state index in [1.807, 2.05) is 0 Å². The minimum Gasteiger partial charge on any atom is -0.493 e. The second-order valence-corrected chi connectivity index (χ2v) is 10.4. The average molecular weight is 571 g/mol. The van der Waals surface area contributed by atoms with Crippen molar-refractivity contribution < 1.29 is 19.0 Å². The molecule has 0 N–H and O–H groups in total. The fraction of sp³-hybridized carbons (Fsp3) is 0.250. The van der Waals surface area contributed by atoms with Crippen molar-refractivity contribution in [3.8, 4) is 23.8 Å². The number of rotatable bonds is 7. The maximum absolute atomic E-state index is 13.8. The van der Waals surface area contributed by atoms with Gasteiger partial charge in [-0.05, 0) is 56.2 Å². The van der Waals surface area contributed by atoms with Crippen LogP contribution in [0.2, 0.25) is 10.0 Å². The molecule has 1 atom stereocenters. The number of ether oxygens (including phenoxy) is 3. The zero-order valence-electron chi connectivity index (χ0n) is 21.1. The van der Waals surface area contributed by atoms with E-state index < -0.39 is 12.0 Å². The lowest BCUT2D eigenvalue weighted by atomic mass is 9.96. The molecule has 196 valence electrons. The van der Waals surface area contributed by atoms with Crippen LogP contribution >= 0.6 is 34.5 Å². The molecule has 10 heteroatoms. The normalized spacial score (nSPS) is 15.1. The van der Waals surface area contributed by atoms with Crippen molar-refractivity contribution in [1.82, 2.24) is 4.57 Å². The largest absolute Gasteiger partial charge is 0.493 e. The minimum atomic E-state index is -0.814. The minimum absolute atomic E-state index is 0.0248. The van der Waals surface area contributed by atoms with Gasteiger partial charge in [-0.15, -0.1) is 6.42 Å². The Morgan fingerprint density at radius 3 is 2.66 bits per heavy atom. The van der Waals surface area contributed by atoms with Crippen LogP contribution in [-0.4, -0.2) is 30.4 Å². The van der Waals surface area contributed by atoms with E-state index in [0.29, 0.717) is 42.7 Å². The van der Waals surface area contributed by atoms with Gasteiger partial charge >= 0.3 is 5.97 Å².